The van der Waals surface area contributed by atoms with E-state index in [2.05, 4.69) is 35.6 Å². The number of aliphatic hydroxyl groups is 1. The maximum atomic E-state index is 9.34. The van der Waals surface area contributed by atoms with Crippen molar-refractivity contribution in [3.8, 4) is 0 Å². The minimum Gasteiger partial charge on any atom is -0.547 e. The molecule has 6 heteroatoms. The summed E-state index contributed by atoms with van der Waals surface area (Å²) in [5.74, 6) is -1.03. The Morgan fingerprint density at radius 2 is 1.77 bits per heavy atom. The van der Waals surface area contributed by atoms with Crippen LogP contribution in [0.1, 0.15) is 48.4 Å². The Bertz CT molecular complexity index is 764. The fraction of sp³-hybridized carbons (Fsp3) is 0.350. The lowest BCUT2D eigenvalue weighted by atomic mass is 9.77. The van der Waals surface area contributed by atoms with Gasteiger partial charge in [-0.1, -0.05) is 53.5 Å². The monoisotopic (exact) mass is 394 g/mol. The van der Waals surface area contributed by atoms with Gasteiger partial charge in [-0.15, -0.1) is 0 Å². The Labute approximate surface area is 163 Å². The molecule has 0 spiro atoms. The van der Waals surface area contributed by atoms with Gasteiger partial charge in [0.15, 0.2) is 0 Å². The van der Waals surface area contributed by atoms with Crippen molar-refractivity contribution in [2.75, 3.05) is 7.05 Å². The number of nitrogens with one attached hydrogen (secondary N) is 1. The largest absolute Gasteiger partial charge is 0.547 e. The first-order valence-corrected chi connectivity index (χ1v) is 9.20. The summed E-state index contributed by atoms with van der Waals surface area (Å²) in [5, 5.41) is 22.0. The van der Waals surface area contributed by atoms with Crippen LogP contribution in [-0.4, -0.2) is 24.2 Å². The van der Waals surface area contributed by atoms with Gasteiger partial charge in [0.1, 0.15) is 0 Å². The van der Waals surface area contributed by atoms with Crippen LogP contribution in [0.2, 0.25) is 10.0 Å². The van der Waals surface area contributed by atoms with Crippen LogP contribution >= 0.6 is 23.2 Å². The summed E-state index contributed by atoms with van der Waals surface area (Å²) < 4.78 is 0. The Balaban J connectivity index is 0.000000352. The van der Waals surface area contributed by atoms with Crippen LogP contribution in [0.25, 0.3) is 0 Å². The number of fused-ring (bicyclic) bond motifs is 1. The molecule has 0 radical (unpaired) electrons. The molecule has 2 aromatic rings. The van der Waals surface area contributed by atoms with Crippen molar-refractivity contribution >= 4 is 29.2 Å². The summed E-state index contributed by atoms with van der Waals surface area (Å²) in [5.41, 5.74) is 4.05. The summed E-state index contributed by atoms with van der Waals surface area (Å²) >= 11 is 12.2. The number of hydrogen-bond acceptors (Lipinski definition) is 4. The summed E-state index contributed by atoms with van der Waals surface area (Å²) in [4.78, 5) is 9.34. The van der Waals surface area contributed by atoms with Crippen LogP contribution in [0, 0.1) is 0 Å². The first-order valence-electron chi connectivity index (χ1n) is 8.45. The van der Waals surface area contributed by atoms with E-state index in [0.29, 0.717) is 22.0 Å². The number of carboxylic acids is 1. The van der Waals surface area contributed by atoms with Crippen molar-refractivity contribution < 1.29 is 15.0 Å². The highest BCUT2D eigenvalue weighted by Crippen LogP contribution is 2.42. The normalized spacial score (nSPS) is 19.7. The van der Waals surface area contributed by atoms with Gasteiger partial charge in [-0.05, 0) is 55.6 Å². The number of aliphatic carboxylic acids is 1. The van der Waals surface area contributed by atoms with Gasteiger partial charge >= 0.3 is 0 Å². The Morgan fingerprint density at radius 1 is 1.15 bits per heavy atom. The minimum absolute atomic E-state index is 0.408. The summed E-state index contributed by atoms with van der Waals surface area (Å²) in [6, 6.07) is 15.1. The molecule has 0 heterocycles. The van der Waals surface area contributed by atoms with Gasteiger partial charge in [-0.25, -0.2) is 0 Å². The number of benzene rings is 2. The van der Waals surface area contributed by atoms with Gasteiger partial charge in [0.05, 0.1) is 22.1 Å². The molecule has 0 unspecified atom stereocenters. The molecule has 2 aromatic carbocycles. The van der Waals surface area contributed by atoms with Crippen LogP contribution in [0.5, 0.6) is 0 Å². The van der Waals surface area contributed by atoms with E-state index in [1.807, 2.05) is 19.2 Å². The SMILES string of the molecule is CN[C@H]1CC[C@@H](c2ccc(Cl)c(Cl)c2)c2ccccc21.C[C@H](O)C(=O)[O-]. The highest BCUT2D eigenvalue weighted by molar-refractivity contribution is 6.42. The quantitative estimate of drug-likeness (QED) is 0.837. The zero-order valence-electron chi connectivity index (χ0n) is 14.7. The number of carbonyl (C=O) groups excluding carboxylic acids is 1. The lowest BCUT2D eigenvalue weighted by molar-refractivity contribution is -0.314. The predicted molar refractivity (Wildman–Crippen MR) is 102 cm³/mol. The molecule has 3 rings (SSSR count). The zero-order chi connectivity index (χ0) is 19.3. The van der Waals surface area contributed by atoms with Crippen molar-refractivity contribution in [1.82, 2.24) is 5.32 Å². The van der Waals surface area contributed by atoms with Gasteiger partial charge in [-0.2, -0.15) is 0 Å². The summed E-state index contributed by atoms with van der Waals surface area (Å²) in [7, 11) is 2.03. The first kappa shape index (κ1) is 20.7. The fourth-order valence-corrected chi connectivity index (χ4v) is 3.47. The Hall–Kier alpha value is -1.59. The number of hydrogen-bond donors (Lipinski definition) is 2. The molecule has 3 atom stereocenters. The second kappa shape index (κ2) is 9.38. The topological polar surface area (TPSA) is 72.4 Å². The molecule has 0 saturated carbocycles. The second-order valence-corrected chi connectivity index (χ2v) is 7.08. The number of rotatable bonds is 3. The minimum atomic E-state index is -1.44. The van der Waals surface area contributed by atoms with E-state index < -0.39 is 12.1 Å². The lowest BCUT2D eigenvalue weighted by Gasteiger charge is -2.32. The van der Waals surface area contributed by atoms with E-state index in [-0.39, 0.29) is 0 Å². The van der Waals surface area contributed by atoms with Crippen LogP contribution in [-0.2, 0) is 4.79 Å². The molecule has 0 aliphatic heterocycles. The zero-order valence-corrected chi connectivity index (χ0v) is 16.2. The van der Waals surface area contributed by atoms with Crippen LogP contribution in [0.4, 0.5) is 0 Å². The molecule has 4 nitrogen and oxygen atoms in total. The third kappa shape index (κ3) is 4.98. The molecule has 140 valence electrons. The molecular weight excluding hydrogens is 373 g/mol. The smallest absolute Gasteiger partial charge is 0.0905 e. The van der Waals surface area contributed by atoms with Crippen LogP contribution < -0.4 is 10.4 Å². The first-order chi connectivity index (χ1) is 12.3. The molecule has 0 amide bonds. The maximum absolute atomic E-state index is 9.34. The van der Waals surface area contributed by atoms with E-state index in [9.17, 15) is 9.90 Å². The molecule has 1 aliphatic carbocycles. The lowest BCUT2D eigenvalue weighted by Crippen LogP contribution is -2.32. The maximum Gasteiger partial charge on any atom is 0.0905 e. The molecule has 0 saturated heterocycles. The average Bonchev–Trinajstić information content (AvgIpc) is 2.63. The van der Waals surface area contributed by atoms with E-state index in [1.165, 1.54) is 16.7 Å². The molecule has 0 bridgehead atoms. The van der Waals surface area contributed by atoms with Crippen LogP contribution in [0.3, 0.4) is 0 Å². The molecule has 2 N–H and O–H groups in total. The predicted octanol–water partition coefficient (Wildman–Crippen LogP) is 3.30. The summed E-state index contributed by atoms with van der Waals surface area (Å²) in [6.45, 7) is 1.13. The van der Waals surface area contributed by atoms with Gasteiger partial charge in [0.25, 0.3) is 0 Å². The van der Waals surface area contributed by atoms with Crippen molar-refractivity contribution in [2.24, 2.45) is 0 Å². The highest BCUT2D eigenvalue weighted by atomic mass is 35.5. The molecular formula is C20H22Cl2NO3-. The van der Waals surface area contributed by atoms with Crippen molar-refractivity contribution in [3.63, 3.8) is 0 Å². The van der Waals surface area contributed by atoms with Gasteiger partial charge in [-0.3, -0.25) is 0 Å². The van der Waals surface area contributed by atoms with Gasteiger partial charge in [0, 0.05) is 12.0 Å². The van der Waals surface area contributed by atoms with E-state index in [0.717, 1.165) is 19.8 Å². The fourth-order valence-electron chi connectivity index (χ4n) is 3.17. The Kier molecular flexibility index (Phi) is 7.47. The third-order valence-corrected chi connectivity index (χ3v) is 5.27. The average molecular weight is 395 g/mol. The number of aliphatic hydroxyl groups excluding tert-OH is 1. The highest BCUT2D eigenvalue weighted by Gasteiger charge is 2.27. The standard InChI is InChI=1S/C17H17Cl2N.C3H6O3/c1-20-17-9-7-12(13-4-2-3-5-14(13)17)11-6-8-15(18)16(19)10-11;1-2(4)3(5)6/h2-6,8,10,12,17,20H,7,9H2,1H3;2,4H,1H3,(H,5,6)/p-1/t12-,17-;2-/m00/s1. The van der Waals surface area contributed by atoms with Crippen LogP contribution in [0.15, 0.2) is 42.5 Å². The molecule has 1 aliphatic rings. The van der Waals surface area contributed by atoms with Crippen molar-refractivity contribution in [2.45, 2.75) is 37.8 Å². The summed E-state index contributed by atoms with van der Waals surface area (Å²) in [6.07, 6.45) is 0.920. The molecule has 0 aromatic heterocycles. The number of halogens is 2. The van der Waals surface area contributed by atoms with E-state index in [4.69, 9.17) is 28.3 Å². The number of carboxylic acid groups (broad SMARTS) is 1. The third-order valence-electron chi connectivity index (χ3n) is 4.53. The van der Waals surface area contributed by atoms with Gasteiger partial charge < -0.3 is 20.3 Å². The number of carbonyl (C=O) groups is 1. The van der Waals surface area contributed by atoms with Crippen molar-refractivity contribution in [1.29, 1.82) is 0 Å². The Morgan fingerprint density at radius 3 is 2.31 bits per heavy atom. The van der Waals surface area contributed by atoms with Crippen molar-refractivity contribution in [3.05, 3.63) is 69.2 Å². The molecule has 26 heavy (non-hydrogen) atoms. The van der Waals surface area contributed by atoms with Gasteiger partial charge in [0.2, 0.25) is 0 Å². The molecule has 0 fully saturated rings. The van der Waals surface area contributed by atoms with E-state index in [1.54, 1.807) is 0 Å². The van der Waals surface area contributed by atoms with E-state index >= 15 is 0 Å². The second-order valence-electron chi connectivity index (χ2n) is 6.27.